The number of esters is 1. The fraction of sp³-hybridized carbons (Fsp3) is 0.208. The monoisotopic (exact) mass is 373 g/mol. The Balaban J connectivity index is 1.68. The molecule has 0 spiro atoms. The first kappa shape index (κ1) is 18.3. The molecule has 0 amide bonds. The van der Waals surface area contributed by atoms with Crippen LogP contribution in [0, 0.1) is 0 Å². The highest BCUT2D eigenvalue weighted by Gasteiger charge is 2.38. The van der Waals surface area contributed by atoms with Gasteiger partial charge in [-0.3, -0.25) is 0 Å². The third-order valence-corrected chi connectivity index (χ3v) is 5.34. The molecule has 0 unspecified atom stereocenters. The van der Waals surface area contributed by atoms with Crippen LogP contribution in [0.25, 0.3) is 11.1 Å². The predicted molar refractivity (Wildman–Crippen MR) is 109 cm³/mol. The number of benzene rings is 3. The van der Waals surface area contributed by atoms with Crippen LogP contribution in [0.2, 0.25) is 0 Å². The molecule has 28 heavy (non-hydrogen) atoms. The van der Waals surface area contributed by atoms with E-state index in [9.17, 15) is 9.90 Å². The van der Waals surface area contributed by atoms with Crippen LogP contribution in [-0.2, 0) is 10.3 Å². The van der Waals surface area contributed by atoms with Crippen molar-refractivity contribution >= 4 is 5.97 Å². The van der Waals surface area contributed by atoms with Crippen molar-refractivity contribution in [1.29, 1.82) is 0 Å². The van der Waals surface area contributed by atoms with Crippen molar-refractivity contribution in [3.05, 3.63) is 90.0 Å². The number of piperidine rings is 1. The lowest BCUT2D eigenvalue weighted by Gasteiger charge is -2.37. The maximum atomic E-state index is 13.1. The maximum absolute atomic E-state index is 13.1. The molecule has 4 rings (SSSR count). The summed E-state index contributed by atoms with van der Waals surface area (Å²) in [6.45, 7) is 1.55. The lowest BCUT2D eigenvalue weighted by molar-refractivity contribution is -0.0380. The zero-order chi connectivity index (χ0) is 19.4. The molecule has 2 N–H and O–H groups in total. The van der Waals surface area contributed by atoms with E-state index in [1.807, 2.05) is 60.7 Å². The molecule has 4 nitrogen and oxygen atoms in total. The molecule has 3 aromatic rings. The van der Waals surface area contributed by atoms with E-state index in [1.54, 1.807) is 18.2 Å². The summed E-state index contributed by atoms with van der Waals surface area (Å²) in [5, 5.41) is 14.1. The van der Waals surface area contributed by atoms with Gasteiger partial charge in [0.2, 0.25) is 0 Å². The van der Waals surface area contributed by atoms with Gasteiger partial charge in [0, 0.05) is 18.4 Å². The average Bonchev–Trinajstić information content (AvgIpc) is 2.76. The average molecular weight is 373 g/mol. The van der Waals surface area contributed by atoms with Gasteiger partial charge in [-0.1, -0.05) is 72.8 Å². The topological polar surface area (TPSA) is 58.6 Å². The number of ether oxygens (including phenoxy) is 1. The number of phenolic OH excluding ortho intramolecular Hbond substituents is 1. The van der Waals surface area contributed by atoms with Crippen molar-refractivity contribution in [3.8, 4) is 16.9 Å². The number of para-hydroxylation sites is 1. The number of carbonyl (C=O) groups excluding carboxylic acids is 1. The Hall–Kier alpha value is -3.11. The zero-order valence-corrected chi connectivity index (χ0v) is 15.6. The van der Waals surface area contributed by atoms with Gasteiger partial charge in [-0.25, -0.2) is 4.79 Å². The Morgan fingerprint density at radius 2 is 1.50 bits per heavy atom. The lowest BCUT2D eigenvalue weighted by Crippen LogP contribution is -2.43. The third kappa shape index (κ3) is 3.51. The van der Waals surface area contributed by atoms with Gasteiger partial charge in [0.1, 0.15) is 16.9 Å². The molecule has 4 heteroatoms. The van der Waals surface area contributed by atoms with Crippen LogP contribution >= 0.6 is 0 Å². The second-order valence-electron chi connectivity index (χ2n) is 7.07. The second kappa shape index (κ2) is 7.87. The van der Waals surface area contributed by atoms with Crippen LogP contribution < -0.4 is 5.32 Å². The molecule has 1 aliphatic rings. The van der Waals surface area contributed by atoms with Gasteiger partial charge in [-0.2, -0.15) is 0 Å². The van der Waals surface area contributed by atoms with Gasteiger partial charge in [0.15, 0.2) is 0 Å². The molecule has 1 aliphatic heterocycles. The van der Waals surface area contributed by atoms with Crippen molar-refractivity contribution in [2.24, 2.45) is 0 Å². The number of rotatable bonds is 4. The molecule has 0 bridgehead atoms. The Kier molecular flexibility index (Phi) is 5.13. The normalized spacial score (nSPS) is 15.7. The van der Waals surface area contributed by atoms with Crippen molar-refractivity contribution < 1.29 is 14.6 Å². The fourth-order valence-corrected chi connectivity index (χ4v) is 3.81. The van der Waals surface area contributed by atoms with Gasteiger partial charge in [0.05, 0.1) is 0 Å². The highest BCUT2D eigenvalue weighted by molar-refractivity contribution is 5.95. The summed E-state index contributed by atoms with van der Waals surface area (Å²) in [6.07, 6.45) is 1.39. The van der Waals surface area contributed by atoms with Crippen LogP contribution in [-0.4, -0.2) is 24.2 Å². The Morgan fingerprint density at radius 1 is 0.857 bits per heavy atom. The largest absolute Gasteiger partial charge is 0.506 e. The summed E-state index contributed by atoms with van der Waals surface area (Å²) in [5.41, 5.74) is 1.97. The standard InChI is InChI=1S/C24H23NO3/c26-22-20(18-8-3-1-4-9-18)12-7-13-21(22)23(27)28-24(14-16-25-17-15-24)19-10-5-2-6-11-19/h1-13,25-26H,14-17H2. The minimum atomic E-state index is -0.682. The highest BCUT2D eigenvalue weighted by atomic mass is 16.6. The van der Waals surface area contributed by atoms with E-state index >= 15 is 0 Å². The zero-order valence-electron chi connectivity index (χ0n) is 15.6. The Labute approximate surface area is 164 Å². The summed E-state index contributed by atoms with van der Waals surface area (Å²) in [4.78, 5) is 13.1. The van der Waals surface area contributed by atoms with Gasteiger partial charge in [-0.05, 0) is 30.3 Å². The van der Waals surface area contributed by atoms with E-state index in [4.69, 9.17) is 4.74 Å². The van der Waals surface area contributed by atoms with Gasteiger partial charge >= 0.3 is 5.97 Å². The number of hydrogen-bond acceptors (Lipinski definition) is 4. The van der Waals surface area contributed by atoms with E-state index in [0.29, 0.717) is 18.4 Å². The molecule has 1 saturated heterocycles. The highest BCUT2D eigenvalue weighted by Crippen LogP contribution is 2.38. The van der Waals surface area contributed by atoms with Crippen LogP contribution in [0.3, 0.4) is 0 Å². The smallest absolute Gasteiger partial charge is 0.342 e. The first-order chi connectivity index (χ1) is 13.7. The number of aromatic hydroxyl groups is 1. The molecule has 0 saturated carbocycles. The molecule has 0 aromatic heterocycles. The first-order valence-corrected chi connectivity index (χ1v) is 9.57. The lowest BCUT2D eigenvalue weighted by atomic mass is 9.84. The van der Waals surface area contributed by atoms with Crippen molar-refractivity contribution in [3.63, 3.8) is 0 Å². The molecule has 1 heterocycles. The Bertz CT molecular complexity index is 948. The third-order valence-electron chi connectivity index (χ3n) is 5.34. The summed E-state index contributed by atoms with van der Waals surface area (Å²) in [6, 6.07) is 24.6. The van der Waals surface area contributed by atoms with Crippen molar-refractivity contribution in [2.75, 3.05) is 13.1 Å². The SMILES string of the molecule is O=C(OC1(c2ccccc2)CCNCC1)c1cccc(-c2ccccc2)c1O. The molecular formula is C24H23NO3. The molecule has 0 atom stereocenters. The van der Waals surface area contributed by atoms with Gasteiger partial charge < -0.3 is 15.2 Å². The predicted octanol–water partition coefficient (Wildman–Crippen LogP) is 4.49. The van der Waals surface area contributed by atoms with Crippen molar-refractivity contribution in [1.82, 2.24) is 5.32 Å². The summed E-state index contributed by atoms with van der Waals surface area (Å²) < 4.78 is 6.08. The number of nitrogens with one attached hydrogen (secondary N) is 1. The maximum Gasteiger partial charge on any atom is 0.342 e. The molecular weight excluding hydrogens is 350 g/mol. The summed E-state index contributed by atoms with van der Waals surface area (Å²) in [5.74, 6) is -0.545. The Morgan fingerprint density at radius 3 is 2.18 bits per heavy atom. The fourth-order valence-electron chi connectivity index (χ4n) is 3.81. The number of hydrogen-bond donors (Lipinski definition) is 2. The van der Waals surface area contributed by atoms with E-state index < -0.39 is 11.6 Å². The molecule has 142 valence electrons. The van der Waals surface area contributed by atoms with Crippen LogP contribution in [0.4, 0.5) is 0 Å². The number of carbonyl (C=O) groups is 1. The number of phenols is 1. The molecule has 1 fully saturated rings. The molecule has 0 aliphatic carbocycles. The molecule has 0 radical (unpaired) electrons. The quantitative estimate of drug-likeness (QED) is 0.662. The van der Waals surface area contributed by atoms with Crippen LogP contribution in [0.15, 0.2) is 78.9 Å². The van der Waals surface area contributed by atoms with Gasteiger partial charge in [0.25, 0.3) is 0 Å². The van der Waals surface area contributed by atoms with E-state index in [1.165, 1.54) is 0 Å². The minimum absolute atomic E-state index is 0.0455. The summed E-state index contributed by atoms with van der Waals surface area (Å²) in [7, 11) is 0. The minimum Gasteiger partial charge on any atom is -0.506 e. The van der Waals surface area contributed by atoms with E-state index in [-0.39, 0.29) is 11.3 Å². The van der Waals surface area contributed by atoms with Crippen molar-refractivity contribution in [2.45, 2.75) is 18.4 Å². The van der Waals surface area contributed by atoms with Crippen LogP contribution in [0.1, 0.15) is 28.8 Å². The van der Waals surface area contributed by atoms with E-state index in [0.717, 1.165) is 24.2 Å². The van der Waals surface area contributed by atoms with E-state index in [2.05, 4.69) is 5.32 Å². The second-order valence-corrected chi connectivity index (χ2v) is 7.07. The van der Waals surface area contributed by atoms with Crippen LogP contribution in [0.5, 0.6) is 5.75 Å². The van der Waals surface area contributed by atoms with Gasteiger partial charge in [-0.15, -0.1) is 0 Å². The first-order valence-electron chi connectivity index (χ1n) is 9.57. The summed E-state index contributed by atoms with van der Waals surface area (Å²) >= 11 is 0. The molecule has 3 aromatic carbocycles.